The molecule has 3 nitrogen and oxygen atoms in total. The Morgan fingerprint density at radius 2 is 2.29 bits per heavy atom. The fourth-order valence-electron chi connectivity index (χ4n) is 0.326. The summed E-state index contributed by atoms with van der Waals surface area (Å²) < 4.78 is 1.89. The highest BCUT2D eigenvalue weighted by Gasteiger charge is 1.69. The van der Waals surface area contributed by atoms with Gasteiger partial charge in [-0.2, -0.15) is 0 Å². The third-order valence-corrected chi connectivity index (χ3v) is 0.637. The monoisotopic (exact) mass is 97.1 g/mol. The molecule has 0 radical (unpaired) electrons. The molecule has 1 rings (SSSR count). The number of hydrogen-bond donors (Lipinski definition) is 1. The second-order valence-corrected chi connectivity index (χ2v) is 1.23. The summed E-state index contributed by atoms with van der Waals surface area (Å²) in [6, 6.07) is 0. The van der Waals surface area contributed by atoms with Crippen molar-refractivity contribution in [2.75, 3.05) is 0 Å². The van der Waals surface area contributed by atoms with Gasteiger partial charge in [-0.05, 0) is 0 Å². The molecular formula is C3H8BN3. The number of imidazole rings is 1. The van der Waals surface area contributed by atoms with Gasteiger partial charge in [0.25, 0.3) is 0 Å². The lowest BCUT2D eigenvalue weighted by atomic mass is 10.4. The molecule has 0 amide bonds. The molecule has 0 aliphatic heterocycles. The molecule has 0 atom stereocenters. The summed E-state index contributed by atoms with van der Waals surface area (Å²) in [6.45, 7) is 0. The van der Waals surface area contributed by atoms with Gasteiger partial charge >= 0.3 is 0 Å². The van der Waals surface area contributed by atoms with Crippen LogP contribution in [0.2, 0.25) is 0 Å². The first-order valence-corrected chi connectivity index (χ1v) is 1.81. The van der Waals surface area contributed by atoms with E-state index >= 15 is 0 Å². The molecule has 0 saturated heterocycles. The summed E-state index contributed by atoms with van der Waals surface area (Å²) in [4.78, 5) is 3.78. The number of rotatable bonds is 0. The summed E-state index contributed by atoms with van der Waals surface area (Å²) in [5, 5.41) is 0. The zero-order chi connectivity index (χ0) is 4.41. The molecule has 38 valence electrons. The Kier molecular flexibility index (Phi) is 2.15. The maximum atomic E-state index is 3.78. The molecule has 0 bridgehead atoms. The molecule has 1 aromatic heterocycles. The first-order chi connectivity index (χ1) is 2.89. The number of hydrogen-bond acceptors (Lipinski definition) is 2. The van der Waals surface area contributed by atoms with E-state index in [0.717, 1.165) is 0 Å². The lowest BCUT2D eigenvalue weighted by Gasteiger charge is -1.76. The van der Waals surface area contributed by atoms with Crippen LogP contribution in [-0.4, -0.2) is 17.4 Å². The highest BCUT2D eigenvalue weighted by atomic mass is 14.9. The molecule has 1 aromatic rings. The predicted octanol–water partition coefficient (Wildman–Crippen LogP) is -0.559. The van der Waals surface area contributed by atoms with Crippen molar-refractivity contribution in [3.8, 4) is 0 Å². The lowest BCUT2D eigenvalue weighted by Crippen LogP contribution is -1.81. The SMILES string of the molecule is Bn1ccnc1.N. The van der Waals surface area contributed by atoms with E-state index in [4.69, 9.17) is 0 Å². The Morgan fingerprint density at radius 3 is 2.43 bits per heavy atom. The second-order valence-electron chi connectivity index (χ2n) is 1.23. The predicted molar refractivity (Wildman–Crippen MR) is 31.2 cm³/mol. The zero-order valence-corrected chi connectivity index (χ0v) is 4.33. The Bertz CT molecular complexity index is 114. The Balaban J connectivity index is 0.000000360. The van der Waals surface area contributed by atoms with Crippen molar-refractivity contribution in [3.63, 3.8) is 0 Å². The summed E-state index contributed by atoms with van der Waals surface area (Å²) in [7, 11) is 1.94. The lowest BCUT2D eigenvalue weighted by molar-refractivity contribution is 1.21. The van der Waals surface area contributed by atoms with E-state index in [-0.39, 0.29) is 6.15 Å². The van der Waals surface area contributed by atoms with Crippen molar-refractivity contribution in [2.45, 2.75) is 0 Å². The van der Waals surface area contributed by atoms with Crippen LogP contribution >= 0.6 is 0 Å². The average molecular weight is 96.9 g/mol. The maximum Gasteiger partial charge on any atom is 0.224 e. The normalized spacial score (nSPS) is 7.43. The Hall–Kier alpha value is -0.765. The number of nitrogens with zero attached hydrogens (tertiary/aromatic N) is 2. The van der Waals surface area contributed by atoms with Crippen molar-refractivity contribution in [1.29, 1.82) is 0 Å². The van der Waals surface area contributed by atoms with Gasteiger partial charge in [-0.3, -0.25) is 0 Å². The van der Waals surface area contributed by atoms with Crippen LogP contribution in [0.25, 0.3) is 0 Å². The van der Waals surface area contributed by atoms with Gasteiger partial charge in [0.15, 0.2) is 0 Å². The van der Waals surface area contributed by atoms with Crippen molar-refractivity contribution in [3.05, 3.63) is 18.7 Å². The van der Waals surface area contributed by atoms with Crippen LogP contribution in [0, 0.1) is 0 Å². The topological polar surface area (TPSA) is 52.8 Å². The third kappa shape index (κ3) is 1.41. The van der Waals surface area contributed by atoms with E-state index in [1.54, 1.807) is 12.5 Å². The molecule has 0 unspecified atom stereocenters. The second kappa shape index (κ2) is 2.42. The molecule has 0 aliphatic carbocycles. The first kappa shape index (κ1) is 6.23. The van der Waals surface area contributed by atoms with Crippen molar-refractivity contribution >= 4 is 7.98 Å². The Morgan fingerprint density at radius 1 is 1.57 bits per heavy atom. The molecule has 0 aliphatic rings. The fourth-order valence-corrected chi connectivity index (χ4v) is 0.326. The molecule has 7 heavy (non-hydrogen) atoms. The number of aromatic nitrogens is 2. The van der Waals surface area contributed by atoms with Gasteiger partial charge in [0.1, 0.15) is 0 Å². The van der Waals surface area contributed by atoms with Gasteiger partial charge in [0.05, 0.1) is 6.33 Å². The summed E-state index contributed by atoms with van der Waals surface area (Å²) >= 11 is 0. The molecule has 3 N–H and O–H groups in total. The molecule has 0 spiro atoms. The van der Waals surface area contributed by atoms with E-state index in [1.165, 1.54) is 0 Å². The van der Waals surface area contributed by atoms with E-state index in [2.05, 4.69) is 4.98 Å². The van der Waals surface area contributed by atoms with Crippen LogP contribution in [0.1, 0.15) is 0 Å². The van der Waals surface area contributed by atoms with Crippen molar-refractivity contribution < 1.29 is 0 Å². The third-order valence-electron chi connectivity index (χ3n) is 0.637. The van der Waals surface area contributed by atoms with Crippen molar-refractivity contribution in [1.82, 2.24) is 15.6 Å². The molecule has 1 heterocycles. The average Bonchev–Trinajstić information content (AvgIpc) is 1.86. The standard InChI is InChI=1S/C3H5BN2.H3N/c4-6-2-1-5-3-6;/h1-3H,4H2;1H3. The quantitative estimate of drug-likeness (QED) is 0.441. The highest BCUT2D eigenvalue weighted by Crippen LogP contribution is 1.72. The van der Waals surface area contributed by atoms with Gasteiger partial charge in [-0.15, -0.1) is 0 Å². The Labute approximate surface area is 43.4 Å². The van der Waals surface area contributed by atoms with Crippen molar-refractivity contribution in [2.24, 2.45) is 0 Å². The minimum Gasteiger partial charge on any atom is -0.389 e. The molecule has 0 fully saturated rings. The van der Waals surface area contributed by atoms with Gasteiger partial charge in [-0.1, -0.05) is 0 Å². The highest BCUT2D eigenvalue weighted by molar-refractivity contribution is 6.06. The van der Waals surface area contributed by atoms with Crippen LogP contribution in [0.15, 0.2) is 18.7 Å². The maximum absolute atomic E-state index is 3.78. The summed E-state index contributed by atoms with van der Waals surface area (Å²) in [5.74, 6) is 0. The van der Waals surface area contributed by atoms with Crippen LogP contribution in [0.3, 0.4) is 0 Å². The van der Waals surface area contributed by atoms with Crippen LogP contribution < -0.4 is 6.15 Å². The van der Waals surface area contributed by atoms with E-state index in [9.17, 15) is 0 Å². The minimum absolute atomic E-state index is 0. The van der Waals surface area contributed by atoms with Crippen LogP contribution in [0.4, 0.5) is 0 Å². The zero-order valence-electron chi connectivity index (χ0n) is 4.33. The van der Waals surface area contributed by atoms with Gasteiger partial charge in [-0.25, -0.2) is 4.98 Å². The van der Waals surface area contributed by atoms with Gasteiger partial charge < -0.3 is 10.6 Å². The molecule has 0 aromatic carbocycles. The minimum atomic E-state index is 0. The van der Waals surface area contributed by atoms with Crippen LogP contribution in [0.5, 0.6) is 0 Å². The molecule has 4 heteroatoms. The fraction of sp³-hybridized carbons (Fsp3) is 0. The summed E-state index contributed by atoms with van der Waals surface area (Å²) in [6.07, 6.45) is 5.39. The van der Waals surface area contributed by atoms with Crippen LogP contribution in [-0.2, 0) is 0 Å². The van der Waals surface area contributed by atoms with E-state index < -0.39 is 0 Å². The van der Waals surface area contributed by atoms with Gasteiger partial charge in [0, 0.05) is 12.4 Å². The largest absolute Gasteiger partial charge is 0.389 e. The summed E-state index contributed by atoms with van der Waals surface area (Å²) in [5.41, 5.74) is 0. The van der Waals surface area contributed by atoms with E-state index in [0.29, 0.717) is 0 Å². The molecular weight excluding hydrogens is 88.9 g/mol. The molecule has 0 saturated carbocycles. The van der Waals surface area contributed by atoms with Gasteiger partial charge in [0.2, 0.25) is 7.98 Å². The van der Waals surface area contributed by atoms with E-state index in [1.807, 2.05) is 18.7 Å². The first-order valence-electron chi connectivity index (χ1n) is 1.81. The smallest absolute Gasteiger partial charge is 0.224 e.